The van der Waals surface area contributed by atoms with Crippen molar-refractivity contribution in [3.63, 3.8) is 0 Å². The third-order valence-corrected chi connectivity index (χ3v) is 4.71. The summed E-state index contributed by atoms with van der Waals surface area (Å²) in [5, 5.41) is 0.546. The Morgan fingerprint density at radius 3 is 2.20 bits per heavy atom. The lowest BCUT2D eigenvalue weighted by molar-refractivity contribution is -0.0584. The summed E-state index contributed by atoms with van der Waals surface area (Å²) in [6.07, 6.45) is 1.85. The van der Waals surface area contributed by atoms with Crippen LogP contribution in [0.5, 0.6) is 0 Å². The molecule has 1 aliphatic heterocycles. The average Bonchev–Trinajstić information content (AvgIpc) is 3.02. The summed E-state index contributed by atoms with van der Waals surface area (Å²) >= 11 is 0. The number of benzene rings is 2. The lowest BCUT2D eigenvalue weighted by Crippen LogP contribution is -2.32. The molecule has 0 atom stereocenters. The minimum atomic E-state index is -0.706. The second-order valence-corrected chi connectivity index (χ2v) is 7.33. The molecule has 0 saturated heterocycles. The van der Waals surface area contributed by atoms with E-state index in [0.717, 1.165) is 18.4 Å². The van der Waals surface area contributed by atoms with Crippen LogP contribution in [0.2, 0.25) is 0 Å². The first-order valence-electron chi connectivity index (χ1n) is 8.18. The highest BCUT2D eigenvalue weighted by Crippen LogP contribution is 2.36. The fourth-order valence-corrected chi connectivity index (χ4v) is 3.57. The van der Waals surface area contributed by atoms with Gasteiger partial charge in [0.2, 0.25) is 0 Å². The van der Waals surface area contributed by atoms with Crippen LogP contribution in [0.4, 0.5) is 0 Å². The Hall–Kier alpha value is -2.95. The zero-order valence-electron chi connectivity index (χ0n) is 14.0. The van der Waals surface area contributed by atoms with Crippen LogP contribution in [0.15, 0.2) is 42.5 Å². The van der Waals surface area contributed by atoms with Gasteiger partial charge in [-0.1, -0.05) is 37.1 Å². The predicted octanol–water partition coefficient (Wildman–Crippen LogP) is 3.18. The highest BCUT2D eigenvalue weighted by molar-refractivity contribution is 6.21. The van der Waals surface area contributed by atoms with E-state index in [2.05, 4.69) is 13.8 Å². The molecule has 2 aliphatic rings. The highest BCUT2D eigenvalue weighted by atomic mass is 16.7. The SMILES string of the molecule is CC1(C)Cc2ccc(C(=O)ON3C(=O)c4ccccc4C3=O)cc2C1. The van der Waals surface area contributed by atoms with Crippen molar-refractivity contribution in [2.75, 3.05) is 0 Å². The van der Waals surface area contributed by atoms with E-state index in [4.69, 9.17) is 4.84 Å². The Balaban J connectivity index is 1.56. The molecule has 25 heavy (non-hydrogen) atoms. The molecule has 2 aromatic rings. The third kappa shape index (κ3) is 2.52. The predicted molar refractivity (Wildman–Crippen MR) is 90.0 cm³/mol. The number of rotatable bonds is 2. The zero-order chi connectivity index (χ0) is 17.8. The van der Waals surface area contributed by atoms with Crippen LogP contribution >= 0.6 is 0 Å². The normalized spacial score (nSPS) is 17.4. The van der Waals surface area contributed by atoms with Gasteiger partial charge in [0.05, 0.1) is 16.7 Å². The fraction of sp³-hybridized carbons (Fsp3) is 0.250. The molecule has 126 valence electrons. The number of carbonyl (C=O) groups is 3. The standard InChI is InChI=1S/C20H17NO4/c1-20(2)10-13-8-7-12(9-14(13)11-20)19(24)25-21-17(22)15-5-3-4-6-16(15)18(21)23/h3-9H,10-11H2,1-2H3. The van der Waals surface area contributed by atoms with E-state index in [9.17, 15) is 14.4 Å². The first-order chi connectivity index (χ1) is 11.9. The Morgan fingerprint density at radius 1 is 0.960 bits per heavy atom. The second-order valence-electron chi connectivity index (χ2n) is 7.33. The van der Waals surface area contributed by atoms with Gasteiger partial charge in [-0.15, -0.1) is 0 Å². The van der Waals surface area contributed by atoms with Crippen molar-refractivity contribution in [3.8, 4) is 0 Å². The molecular weight excluding hydrogens is 318 g/mol. The quantitative estimate of drug-likeness (QED) is 0.791. The average molecular weight is 335 g/mol. The molecule has 2 aromatic carbocycles. The first-order valence-corrected chi connectivity index (χ1v) is 8.18. The van der Waals surface area contributed by atoms with Crippen LogP contribution in [0.1, 0.15) is 56.0 Å². The van der Waals surface area contributed by atoms with Crippen LogP contribution in [0, 0.1) is 5.41 Å². The monoisotopic (exact) mass is 335 g/mol. The van der Waals surface area contributed by atoms with Crippen molar-refractivity contribution in [2.45, 2.75) is 26.7 Å². The molecule has 0 bridgehead atoms. The molecule has 0 spiro atoms. The molecule has 0 saturated carbocycles. The molecule has 0 fully saturated rings. The van der Waals surface area contributed by atoms with Crippen LogP contribution in [0.3, 0.4) is 0 Å². The van der Waals surface area contributed by atoms with Crippen LogP contribution in [-0.2, 0) is 17.7 Å². The molecule has 0 radical (unpaired) electrons. The van der Waals surface area contributed by atoms with E-state index >= 15 is 0 Å². The maximum absolute atomic E-state index is 12.4. The van der Waals surface area contributed by atoms with Gasteiger partial charge in [0, 0.05) is 0 Å². The van der Waals surface area contributed by atoms with E-state index in [1.807, 2.05) is 6.07 Å². The van der Waals surface area contributed by atoms with Crippen molar-refractivity contribution in [3.05, 3.63) is 70.3 Å². The number of carbonyl (C=O) groups excluding carboxylic acids is 3. The van der Waals surface area contributed by atoms with E-state index in [1.54, 1.807) is 36.4 Å². The maximum Gasteiger partial charge on any atom is 0.363 e. The first kappa shape index (κ1) is 15.6. The van der Waals surface area contributed by atoms with Crippen molar-refractivity contribution in [2.24, 2.45) is 5.41 Å². The molecule has 5 heteroatoms. The summed E-state index contributed by atoms with van der Waals surface area (Å²) in [6, 6.07) is 11.8. The molecule has 0 N–H and O–H groups in total. The largest absolute Gasteiger partial charge is 0.363 e. The van der Waals surface area contributed by atoms with E-state index in [1.165, 1.54) is 5.56 Å². The Kier molecular flexibility index (Phi) is 3.29. The van der Waals surface area contributed by atoms with Crippen molar-refractivity contribution in [1.82, 2.24) is 5.06 Å². The molecule has 2 amide bonds. The van der Waals surface area contributed by atoms with Crippen LogP contribution in [0.25, 0.3) is 0 Å². The lowest BCUT2D eigenvalue weighted by atomic mass is 9.90. The summed E-state index contributed by atoms with van der Waals surface area (Å²) in [7, 11) is 0. The second kappa shape index (κ2) is 5.28. The molecule has 1 aliphatic carbocycles. The number of imide groups is 1. The van der Waals surface area contributed by atoms with Gasteiger partial charge in [-0.25, -0.2) is 4.79 Å². The van der Waals surface area contributed by atoms with Gasteiger partial charge in [0.15, 0.2) is 0 Å². The fourth-order valence-electron chi connectivity index (χ4n) is 3.57. The van der Waals surface area contributed by atoms with E-state index in [-0.39, 0.29) is 16.5 Å². The van der Waals surface area contributed by atoms with Gasteiger partial charge >= 0.3 is 5.97 Å². The van der Waals surface area contributed by atoms with E-state index < -0.39 is 17.8 Å². The van der Waals surface area contributed by atoms with Gasteiger partial charge in [-0.2, -0.15) is 0 Å². The Bertz CT molecular complexity index is 894. The van der Waals surface area contributed by atoms with Crippen LogP contribution < -0.4 is 0 Å². The van der Waals surface area contributed by atoms with Gasteiger partial charge in [-0.3, -0.25) is 9.59 Å². The molecule has 0 unspecified atom stereocenters. The van der Waals surface area contributed by atoms with Crippen molar-refractivity contribution >= 4 is 17.8 Å². The Labute approximate surface area is 145 Å². The van der Waals surface area contributed by atoms with Crippen molar-refractivity contribution < 1.29 is 19.2 Å². The van der Waals surface area contributed by atoms with Crippen LogP contribution in [-0.4, -0.2) is 22.8 Å². The highest BCUT2D eigenvalue weighted by Gasteiger charge is 2.39. The zero-order valence-corrected chi connectivity index (χ0v) is 14.0. The summed E-state index contributed by atoms with van der Waals surface area (Å²) in [4.78, 5) is 42.1. The minimum absolute atomic E-state index is 0.174. The van der Waals surface area contributed by atoms with Gasteiger partial charge in [0.25, 0.3) is 11.8 Å². The number of amides is 2. The summed E-state index contributed by atoms with van der Waals surface area (Å²) in [5.41, 5.74) is 3.34. The summed E-state index contributed by atoms with van der Waals surface area (Å²) < 4.78 is 0. The lowest BCUT2D eigenvalue weighted by Gasteiger charge is -2.14. The maximum atomic E-state index is 12.4. The van der Waals surface area contributed by atoms with Gasteiger partial charge < -0.3 is 4.84 Å². The van der Waals surface area contributed by atoms with Gasteiger partial charge in [-0.05, 0) is 53.6 Å². The summed E-state index contributed by atoms with van der Waals surface area (Å²) in [5.74, 6) is -1.94. The summed E-state index contributed by atoms with van der Waals surface area (Å²) in [6.45, 7) is 4.37. The van der Waals surface area contributed by atoms with E-state index in [0.29, 0.717) is 10.6 Å². The van der Waals surface area contributed by atoms with Crippen molar-refractivity contribution in [1.29, 1.82) is 0 Å². The number of hydrogen-bond acceptors (Lipinski definition) is 4. The molecule has 5 nitrogen and oxygen atoms in total. The number of nitrogens with zero attached hydrogens (tertiary/aromatic N) is 1. The molecule has 0 aromatic heterocycles. The molecule has 4 rings (SSSR count). The third-order valence-electron chi connectivity index (χ3n) is 4.71. The minimum Gasteiger partial charge on any atom is -0.324 e. The molecular formula is C20H17NO4. The van der Waals surface area contributed by atoms with Gasteiger partial charge in [0.1, 0.15) is 0 Å². The number of hydroxylamine groups is 2. The smallest absolute Gasteiger partial charge is 0.324 e. The Morgan fingerprint density at radius 2 is 1.56 bits per heavy atom. The molecule has 1 heterocycles. The topological polar surface area (TPSA) is 63.7 Å². The number of fused-ring (bicyclic) bond motifs is 2. The number of hydrogen-bond donors (Lipinski definition) is 0.